The van der Waals surface area contributed by atoms with Crippen molar-refractivity contribution in [3.63, 3.8) is 0 Å². The van der Waals surface area contributed by atoms with Gasteiger partial charge in [-0.05, 0) is 42.8 Å². The average molecular weight is 496 g/mol. The number of nitriles is 1. The topological polar surface area (TPSA) is 65.8 Å². The van der Waals surface area contributed by atoms with Gasteiger partial charge in [0.05, 0.1) is 6.61 Å². The third-order valence-electron chi connectivity index (χ3n) is 5.06. The standard InChI is InChI=1S/C25H26BrN3O3/c1-3-14-32-24-17-22(26)19(16-23(24)31-4-2)15-20(18-27)25(30)29-12-10-28(11-13-29)21-8-6-5-7-9-21/h3,5-9,15-17H,1,4,10-14H2,2H3/b20-15-. The number of para-hydroxylation sites is 1. The van der Waals surface area contributed by atoms with Crippen LogP contribution in [0.25, 0.3) is 6.08 Å². The van der Waals surface area contributed by atoms with Gasteiger partial charge >= 0.3 is 0 Å². The van der Waals surface area contributed by atoms with Crippen LogP contribution in [0.1, 0.15) is 12.5 Å². The van der Waals surface area contributed by atoms with Crippen LogP contribution in [0.15, 0.2) is 65.2 Å². The van der Waals surface area contributed by atoms with Gasteiger partial charge in [-0.3, -0.25) is 4.79 Å². The van der Waals surface area contributed by atoms with Crippen LogP contribution in [0.4, 0.5) is 5.69 Å². The SMILES string of the molecule is C=CCOc1cc(Br)c(/C=C(/C#N)C(=O)N2CCN(c3ccccc3)CC2)cc1OCC. The molecular weight excluding hydrogens is 470 g/mol. The highest BCUT2D eigenvalue weighted by Crippen LogP contribution is 2.35. The van der Waals surface area contributed by atoms with Crippen LogP contribution in [0, 0.1) is 11.3 Å². The van der Waals surface area contributed by atoms with Gasteiger partial charge in [-0.25, -0.2) is 0 Å². The summed E-state index contributed by atoms with van der Waals surface area (Å²) in [6.45, 7) is 8.92. The van der Waals surface area contributed by atoms with E-state index in [9.17, 15) is 10.1 Å². The molecule has 166 valence electrons. The van der Waals surface area contributed by atoms with Gasteiger partial charge in [0.2, 0.25) is 0 Å². The highest BCUT2D eigenvalue weighted by atomic mass is 79.9. The Hall–Kier alpha value is -3.24. The highest BCUT2D eigenvalue weighted by molar-refractivity contribution is 9.10. The van der Waals surface area contributed by atoms with Gasteiger partial charge in [-0.15, -0.1) is 0 Å². The summed E-state index contributed by atoms with van der Waals surface area (Å²) in [7, 11) is 0. The minimum Gasteiger partial charge on any atom is -0.490 e. The fourth-order valence-electron chi connectivity index (χ4n) is 3.47. The second kappa shape index (κ2) is 11.4. The summed E-state index contributed by atoms with van der Waals surface area (Å²) in [5.41, 5.74) is 1.90. The number of hydrogen-bond acceptors (Lipinski definition) is 5. The molecular formula is C25H26BrN3O3. The van der Waals surface area contributed by atoms with E-state index in [4.69, 9.17) is 9.47 Å². The van der Waals surface area contributed by atoms with E-state index in [0.717, 1.165) is 18.8 Å². The first-order valence-corrected chi connectivity index (χ1v) is 11.3. The second-order valence-electron chi connectivity index (χ2n) is 7.14. The molecule has 0 N–H and O–H groups in total. The molecule has 1 saturated heterocycles. The second-order valence-corrected chi connectivity index (χ2v) is 7.99. The minimum absolute atomic E-state index is 0.0843. The molecule has 1 heterocycles. The Balaban J connectivity index is 1.76. The zero-order valence-corrected chi connectivity index (χ0v) is 19.7. The van der Waals surface area contributed by atoms with Crippen LogP contribution < -0.4 is 14.4 Å². The number of carbonyl (C=O) groups is 1. The van der Waals surface area contributed by atoms with Gasteiger partial charge in [0, 0.05) is 36.3 Å². The van der Waals surface area contributed by atoms with E-state index in [1.165, 1.54) is 0 Å². The molecule has 2 aromatic carbocycles. The van der Waals surface area contributed by atoms with Crippen LogP contribution >= 0.6 is 15.9 Å². The number of nitrogens with zero attached hydrogens (tertiary/aromatic N) is 3. The van der Waals surface area contributed by atoms with Crippen LogP contribution in [-0.4, -0.2) is 50.2 Å². The molecule has 1 aliphatic heterocycles. The quantitative estimate of drug-likeness (QED) is 0.302. The number of anilines is 1. The predicted molar refractivity (Wildman–Crippen MR) is 130 cm³/mol. The Morgan fingerprint density at radius 1 is 1.16 bits per heavy atom. The van der Waals surface area contributed by atoms with E-state index < -0.39 is 0 Å². The Kier molecular flexibility index (Phi) is 8.34. The van der Waals surface area contributed by atoms with Gasteiger partial charge in [0.1, 0.15) is 18.2 Å². The van der Waals surface area contributed by atoms with Gasteiger partial charge < -0.3 is 19.3 Å². The van der Waals surface area contributed by atoms with Gasteiger partial charge in [0.15, 0.2) is 11.5 Å². The molecule has 1 fully saturated rings. The smallest absolute Gasteiger partial charge is 0.264 e. The summed E-state index contributed by atoms with van der Waals surface area (Å²) in [6, 6.07) is 15.7. The van der Waals surface area contributed by atoms with E-state index in [0.29, 0.717) is 47.8 Å². The van der Waals surface area contributed by atoms with Gasteiger partial charge in [-0.1, -0.05) is 46.8 Å². The summed E-state index contributed by atoms with van der Waals surface area (Å²) in [5.74, 6) is 0.847. The van der Waals surface area contributed by atoms with E-state index >= 15 is 0 Å². The molecule has 2 aromatic rings. The fourth-order valence-corrected chi connectivity index (χ4v) is 3.90. The molecule has 0 bridgehead atoms. The van der Waals surface area contributed by atoms with Crippen molar-refractivity contribution in [3.05, 3.63) is 70.7 Å². The number of benzene rings is 2. The molecule has 1 aliphatic rings. The molecule has 7 heteroatoms. The summed E-state index contributed by atoms with van der Waals surface area (Å²) in [4.78, 5) is 17.0. The Bertz CT molecular complexity index is 1020. The third-order valence-corrected chi connectivity index (χ3v) is 5.75. The largest absolute Gasteiger partial charge is 0.490 e. The molecule has 0 aromatic heterocycles. The lowest BCUT2D eigenvalue weighted by Crippen LogP contribution is -2.49. The zero-order valence-electron chi connectivity index (χ0n) is 18.1. The minimum atomic E-state index is -0.267. The van der Waals surface area contributed by atoms with Gasteiger partial charge in [0.25, 0.3) is 5.91 Å². The maximum absolute atomic E-state index is 13.0. The maximum atomic E-state index is 13.0. The average Bonchev–Trinajstić information content (AvgIpc) is 2.83. The molecule has 32 heavy (non-hydrogen) atoms. The van der Waals surface area contributed by atoms with Crippen molar-refractivity contribution in [2.45, 2.75) is 6.92 Å². The summed E-state index contributed by atoms with van der Waals surface area (Å²) < 4.78 is 12.0. The maximum Gasteiger partial charge on any atom is 0.264 e. The van der Waals surface area contributed by atoms with E-state index in [2.05, 4.69) is 45.6 Å². The van der Waals surface area contributed by atoms with Crippen LogP contribution in [0.3, 0.4) is 0 Å². The number of carbonyl (C=O) groups excluding carboxylic acids is 1. The van der Waals surface area contributed by atoms with Crippen molar-refractivity contribution in [1.29, 1.82) is 5.26 Å². The number of piperazine rings is 1. The molecule has 3 rings (SSSR count). The van der Waals surface area contributed by atoms with Crippen molar-refractivity contribution in [2.24, 2.45) is 0 Å². The zero-order chi connectivity index (χ0) is 22.9. The fraction of sp³-hybridized carbons (Fsp3) is 0.280. The Morgan fingerprint density at radius 2 is 1.84 bits per heavy atom. The summed E-state index contributed by atoms with van der Waals surface area (Å²) in [6.07, 6.45) is 3.25. The van der Waals surface area contributed by atoms with Crippen molar-refractivity contribution in [3.8, 4) is 17.6 Å². The number of hydrogen-bond donors (Lipinski definition) is 0. The lowest BCUT2D eigenvalue weighted by atomic mass is 10.1. The van der Waals surface area contributed by atoms with Crippen LogP contribution in [-0.2, 0) is 4.79 Å². The number of ether oxygens (including phenoxy) is 2. The molecule has 0 spiro atoms. The van der Waals surface area contributed by atoms with E-state index in [-0.39, 0.29) is 11.5 Å². The third kappa shape index (κ3) is 5.71. The molecule has 0 unspecified atom stereocenters. The number of halogens is 1. The Labute approximate surface area is 197 Å². The number of amides is 1. The van der Waals surface area contributed by atoms with Gasteiger partial charge in [-0.2, -0.15) is 5.26 Å². The van der Waals surface area contributed by atoms with E-state index in [1.807, 2.05) is 25.1 Å². The monoisotopic (exact) mass is 495 g/mol. The molecule has 0 saturated carbocycles. The lowest BCUT2D eigenvalue weighted by molar-refractivity contribution is -0.126. The van der Waals surface area contributed by atoms with E-state index in [1.54, 1.807) is 29.2 Å². The first-order valence-electron chi connectivity index (χ1n) is 10.5. The van der Waals surface area contributed by atoms with Crippen LogP contribution in [0.5, 0.6) is 11.5 Å². The first-order chi connectivity index (χ1) is 15.6. The van der Waals surface area contributed by atoms with Crippen molar-refractivity contribution < 1.29 is 14.3 Å². The number of rotatable bonds is 8. The lowest BCUT2D eigenvalue weighted by Gasteiger charge is -2.36. The molecule has 0 radical (unpaired) electrons. The molecule has 0 aliphatic carbocycles. The molecule has 6 nitrogen and oxygen atoms in total. The van der Waals surface area contributed by atoms with Crippen molar-refractivity contribution in [2.75, 3.05) is 44.3 Å². The van der Waals surface area contributed by atoms with Crippen LogP contribution in [0.2, 0.25) is 0 Å². The predicted octanol–water partition coefficient (Wildman–Crippen LogP) is 4.67. The Morgan fingerprint density at radius 3 is 2.47 bits per heavy atom. The molecule has 1 amide bonds. The van der Waals surface area contributed by atoms with Crippen molar-refractivity contribution in [1.82, 2.24) is 4.90 Å². The first kappa shape index (κ1) is 23.4. The summed E-state index contributed by atoms with van der Waals surface area (Å²) >= 11 is 3.51. The highest BCUT2D eigenvalue weighted by Gasteiger charge is 2.24. The molecule has 0 atom stereocenters. The summed E-state index contributed by atoms with van der Waals surface area (Å²) in [5, 5.41) is 9.69. The normalized spacial score (nSPS) is 14.0. The van der Waals surface area contributed by atoms with Crippen molar-refractivity contribution >= 4 is 33.6 Å².